The minimum atomic E-state index is -1.70. The van der Waals surface area contributed by atoms with Crippen molar-refractivity contribution in [1.29, 1.82) is 0 Å². The van der Waals surface area contributed by atoms with Gasteiger partial charge in [-0.15, -0.1) is 0 Å². The number of rotatable bonds is 6. The molecule has 0 N–H and O–H groups in total. The number of pyridine rings is 1. The van der Waals surface area contributed by atoms with Gasteiger partial charge in [-0.25, -0.2) is 4.57 Å². The van der Waals surface area contributed by atoms with Gasteiger partial charge in [0.25, 0.3) is 0 Å². The molecule has 4 aromatic rings. The second-order valence-electron chi connectivity index (χ2n) is 11.8. The summed E-state index contributed by atoms with van der Waals surface area (Å²) in [5.41, 5.74) is 11.4. The van der Waals surface area contributed by atoms with Crippen LogP contribution in [0.1, 0.15) is 58.2 Å². The lowest BCUT2D eigenvalue weighted by molar-refractivity contribution is -0.659. The predicted molar refractivity (Wildman–Crippen MR) is 161 cm³/mol. The van der Waals surface area contributed by atoms with Crippen LogP contribution >= 0.6 is 0 Å². The summed E-state index contributed by atoms with van der Waals surface area (Å²) in [5, 5.41) is 4.31. The summed E-state index contributed by atoms with van der Waals surface area (Å²) in [6, 6.07) is 23.3. The van der Waals surface area contributed by atoms with E-state index in [0.717, 1.165) is 0 Å². The highest BCUT2D eigenvalue weighted by Gasteiger charge is 2.44. The fourth-order valence-corrected chi connectivity index (χ4v) is 14.1. The Morgan fingerprint density at radius 3 is 1.83 bits per heavy atom. The fraction of sp³-hybridized carbons (Fsp3) is 0.382. The van der Waals surface area contributed by atoms with Crippen LogP contribution in [0.25, 0.3) is 33.2 Å². The van der Waals surface area contributed by atoms with Crippen LogP contribution in [-0.2, 0) is 7.05 Å². The molecule has 0 fully saturated rings. The molecule has 0 radical (unpaired) electrons. The van der Waals surface area contributed by atoms with Gasteiger partial charge in [-0.3, -0.25) is 0 Å². The molecule has 0 atom stereocenters. The van der Waals surface area contributed by atoms with Crippen molar-refractivity contribution < 1.29 is 4.57 Å². The maximum Gasteiger partial charge on any atom is 0.220 e. The molecule has 0 aliphatic heterocycles. The quantitative estimate of drug-likeness (QED) is 0.186. The van der Waals surface area contributed by atoms with Gasteiger partial charge in [-0.05, 0) is 82.7 Å². The van der Waals surface area contributed by atoms with Gasteiger partial charge < -0.3 is 0 Å². The third-order valence-corrected chi connectivity index (χ3v) is 15.8. The zero-order chi connectivity index (χ0) is 26.4. The second-order valence-corrected chi connectivity index (χ2v) is 17.7. The molecule has 1 aromatic heterocycles. The van der Waals surface area contributed by atoms with Gasteiger partial charge in [0.15, 0.2) is 6.20 Å². The molecule has 0 saturated heterocycles. The molecule has 0 saturated carbocycles. The Labute approximate surface area is 220 Å². The normalized spacial score (nSPS) is 12.4. The Morgan fingerprint density at radius 1 is 0.667 bits per heavy atom. The average molecular weight is 495 g/mol. The van der Waals surface area contributed by atoms with Crippen molar-refractivity contribution in [3.05, 3.63) is 83.6 Å². The maximum atomic E-state index is 2.53. The molecular weight excluding hydrogens is 450 g/mol. The Balaban J connectivity index is 1.90. The van der Waals surface area contributed by atoms with E-state index >= 15 is 0 Å². The second kappa shape index (κ2) is 9.98. The van der Waals surface area contributed by atoms with Crippen molar-refractivity contribution in [2.24, 2.45) is 7.05 Å². The van der Waals surface area contributed by atoms with E-state index in [4.69, 9.17) is 0 Å². The minimum Gasteiger partial charge on any atom is -0.200 e. The third-order valence-electron chi connectivity index (χ3n) is 8.75. The average Bonchev–Trinajstić information content (AvgIpc) is 2.79. The van der Waals surface area contributed by atoms with E-state index in [-0.39, 0.29) is 0 Å². The lowest BCUT2D eigenvalue weighted by Gasteiger charge is -2.43. The first kappa shape index (κ1) is 26.4. The van der Waals surface area contributed by atoms with Crippen molar-refractivity contribution in [2.75, 3.05) is 0 Å². The SMILES string of the molecule is Cc1cc(-c2c(C)cccc2C)ccc1-c1c2ccc([Si](C(C)C)(C(C)C)C(C)C)cc2cc[n+]1C. The summed E-state index contributed by atoms with van der Waals surface area (Å²) in [4.78, 5) is 0. The highest BCUT2D eigenvalue weighted by Crippen LogP contribution is 2.42. The van der Waals surface area contributed by atoms with E-state index in [1.54, 1.807) is 5.19 Å². The number of hydrogen-bond donors (Lipinski definition) is 0. The molecular formula is C34H44NSi+. The third kappa shape index (κ3) is 4.24. The lowest BCUT2D eigenvalue weighted by atomic mass is 9.92. The Bertz CT molecular complexity index is 1370. The molecule has 1 heterocycles. The van der Waals surface area contributed by atoms with Crippen LogP contribution in [0.4, 0.5) is 0 Å². The summed E-state index contributed by atoms with van der Waals surface area (Å²) in [7, 11) is 0.473. The van der Waals surface area contributed by atoms with E-state index < -0.39 is 8.07 Å². The molecule has 1 nitrogen and oxygen atoms in total. The van der Waals surface area contributed by atoms with Gasteiger partial charge in [-0.2, -0.15) is 0 Å². The van der Waals surface area contributed by atoms with E-state index in [9.17, 15) is 0 Å². The van der Waals surface area contributed by atoms with Gasteiger partial charge in [0.2, 0.25) is 5.69 Å². The van der Waals surface area contributed by atoms with Gasteiger partial charge in [0.05, 0.1) is 13.5 Å². The summed E-state index contributed by atoms with van der Waals surface area (Å²) in [5.74, 6) is 0. The summed E-state index contributed by atoms with van der Waals surface area (Å²) in [6.45, 7) is 21.4. The maximum absolute atomic E-state index is 2.53. The highest BCUT2D eigenvalue weighted by molar-refractivity contribution is 6.95. The molecule has 0 spiro atoms. The van der Waals surface area contributed by atoms with Crippen molar-refractivity contribution in [2.45, 2.75) is 78.9 Å². The predicted octanol–water partition coefficient (Wildman–Crippen LogP) is 8.81. The van der Waals surface area contributed by atoms with E-state index in [1.807, 2.05) is 0 Å². The molecule has 0 unspecified atom stereocenters. The number of aryl methyl sites for hydroxylation is 4. The van der Waals surface area contributed by atoms with Gasteiger partial charge in [0.1, 0.15) is 7.05 Å². The van der Waals surface area contributed by atoms with Crippen LogP contribution in [-0.4, -0.2) is 8.07 Å². The zero-order valence-corrected chi connectivity index (χ0v) is 25.0. The first-order valence-corrected chi connectivity index (χ1v) is 15.8. The molecule has 0 bridgehead atoms. The Hall–Kier alpha value is -2.71. The molecule has 0 aliphatic carbocycles. The van der Waals surface area contributed by atoms with Crippen molar-refractivity contribution in [3.63, 3.8) is 0 Å². The number of nitrogens with zero attached hydrogens (tertiary/aromatic N) is 1. The smallest absolute Gasteiger partial charge is 0.200 e. The molecule has 36 heavy (non-hydrogen) atoms. The van der Waals surface area contributed by atoms with Crippen molar-refractivity contribution in [1.82, 2.24) is 0 Å². The lowest BCUT2D eigenvalue weighted by Crippen LogP contribution is -2.55. The minimum absolute atomic E-state index is 0.703. The number of fused-ring (bicyclic) bond motifs is 1. The van der Waals surface area contributed by atoms with Crippen LogP contribution in [0, 0.1) is 20.8 Å². The summed E-state index contributed by atoms with van der Waals surface area (Å²) >= 11 is 0. The first-order chi connectivity index (χ1) is 17.0. The van der Waals surface area contributed by atoms with Crippen LogP contribution in [0.3, 0.4) is 0 Å². The number of hydrogen-bond acceptors (Lipinski definition) is 0. The highest BCUT2D eigenvalue weighted by atomic mass is 28.3. The Kier molecular flexibility index (Phi) is 7.30. The molecule has 2 heteroatoms. The van der Waals surface area contributed by atoms with Gasteiger partial charge >= 0.3 is 0 Å². The van der Waals surface area contributed by atoms with Crippen molar-refractivity contribution in [3.8, 4) is 22.4 Å². The van der Waals surface area contributed by atoms with Crippen LogP contribution in [0.2, 0.25) is 16.6 Å². The standard InChI is InChI=1S/C34H44NSi/c1-22(2)36(23(3)4,24(5)6)30-15-17-32-28(21-30)18-19-35(10)34(32)31-16-14-29(20-27(31)9)33-25(7)12-11-13-26(33)8/h11-24H,1-10H3/q+1. The number of aromatic nitrogens is 1. The van der Waals surface area contributed by atoms with E-state index in [2.05, 4.69) is 141 Å². The molecule has 0 aliphatic rings. The van der Waals surface area contributed by atoms with Gasteiger partial charge in [-0.1, -0.05) is 89.2 Å². The van der Waals surface area contributed by atoms with Gasteiger partial charge in [0, 0.05) is 11.6 Å². The fourth-order valence-electron chi connectivity index (χ4n) is 7.33. The monoisotopic (exact) mass is 494 g/mol. The zero-order valence-electron chi connectivity index (χ0n) is 24.0. The summed E-state index contributed by atoms with van der Waals surface area (Å²) in [6.07, 6.45) is 2.24. The molecule has 188 valence electrons. The molecule has 0 amide bonds. The van der Waals surface area contributed by atoms with Crippen LogP contribution in [0.15, 0.2) is 66.9 Å². The van der Waals surface area contributed by atoms with Crippen molar-refractivity contribution >= 4 is 24.0 Å². The van der Waals surface area contributed by atoms with E-state index in [1.165, 1.54) is 49.8 Å². The largest absolute Gasteiger partial charge is 0.220 e. The summed E-state index contributed by atoms with van der Waals surface area (Å²) < 4.78 is 2.29. The van der Waals surface area contributed by atoms with E-state index in [0.29, 0.717) is 16.6 Å². The van der Waals surface area contributed by atoms with Crippen LogP contribution in [0.5, 0.6) is 0 Å². The molecule has 3 aromatic carbocycles. The first-order valence-electron chi connectivity index (χ1n) is 13.6. The Morgan fingerprint density at radius 2 is 1.28 bits per heavy atom. The number of benzene rings is 3. The molecule has 4 rings (SSSR count). The topological polar surface area (TPSA) is 3.88 Å². The van der Waals surface area contributed by atoms with Crippen LogP contribution < -0.4 is 9.75 Å².